The quantitative estimate of drug-likeness (QED) is 0.854. The number of thioether (sulfide) groups is 1. The first-order valence-corrected chi connectivity index (χ1v) is 7.90. The molecule has 7 heteroatoms. The third-order valence-corrected chi connectivity index (χ3v) is 4.67. The molecule has 0 bridgehead atoms. The molecule has 1 saturated carbocycles. The number of ether oxygens (including phenoxy) is 2. The minimum atomic E-state index is -0.575. The van der Waals surface area contributed by atoms with E-state index in [0.717, 1.165) is 16.5 Å². The van der Waals surface area contributed by atoms with Crippen molar-refractivity contribution in [2.75, 3.05) is 12.5 Å². The van der Waals surface area contributed by atoms with Crippen molar-refractivity contribution < 1.29 is 14.6 Å². The topological polar surface area (TPSA) is 69.4 Å². The van der Waals surface area contributed by atoms with Gasteiger partial charge in [-0.25, -0.2) is 0 Å². The first kappa shape index (κ1) is 13.0. The van der Waals surface area contributed by atoms with Crippen molar-refractivity contribution in [2.24, 2.45) is 0 Å². The van der Waals surface area contributed by atoms with E-state index in [4.69, 9.17) is 9.47 Å². The van der Waals surface area contributed by atoms with E-state index in [1.165, 1.54) is 24.6 Å². The molecule has 2 heterocycles. The van der Waals surface area contributed by atoms with E-state index in [-0.39, 0.29) is 6.79 Å². The van der Waals surface area contributed by atoms with Gasteiger partial charge in [-0.15, -0.1) is 10.2 Å². The molecular formula is C14H15N3O3S. The Morgan fingerprint density at radius 1 is 1.33 bits per heavy atom. The van der Waals surface area contributed by atoms with Gasteiger partial charge in [0.1, 0.15) is 6.33 Å². The van der Waals surface area contributed by atoms with E-state index in [9.17, 15) is 5.11 Å². The van der Waals surface area contributed by atoms with E-state index in [0.29, 0.717) is 17.5 Å². The molecule has 1 aromatic heterocycles. The van der Waals surface area contributed by atoms with Crippen LogP contribution in [0.15, 0.2) is 29.7 Å². The molecule has 0 spiro atoms. The summed E-state index contributed by atoms with van der Waals surface area (Å²) in [6.45, 7) is 0.244. The second kappa shape index (κ2) is 5.23. The maximum Gasteiger partial charge on any atom is 0.231 e. The first-order chi connectivity index (χ1) is 10.3. The maximum atomic E-state index is 10.3. The van der Waals surface area contributed by atoms with Crippen LogP contribution in [0.1, 0.15) is 30.6 Å². The number of aromatic nitrogens is 3. The van der Waals surface area contributed by atoms with Crippen LogP contribution in [-0.4, -0.2) is 32.4 Å². The van der Waals surface area contributed by atoms with Gasteiger partial charge in [-0.3, -0.25) is 0 Å². The zero-order valence-electron chi connectivity index (χ0n) is 11.3. The van der Waals surface area contributed by atoms with Crippen LogP contribution < -0.4 is 9.47 Å². The van der Waals surface area contributed by atoms with Crippen molar-refractivity contribution in [3.63, 3.8) is 0 Å². The molecule has 4 rings (SSSR count). The Morgan fingerprint density at radius 3 is 3.05 bits per heavy atom. The Morgan fingerprint density at radius 2 is 2.19 bits per heavy atom. The Bertz CT molecular complexity index is 657. The Hall–Kier alpha value is -1.73. The molecular weight excluding hydrogens is 290 g/mol. The standard InChI is InChI=1S/C14H15N3O3S/c18-11(9-1-4-12-13(5-9)20-8-19-12)6-21-14-16-15-7-17(14)10-2-3-10/h1,4-5,7,10-11,18H,2-3,6,8H2. The average Bonchev–Trinajstić information content (AvgIpc) is 3.06. The molecule has 1 unspecified atom stereocenters. The number of aliphatic hydroxyl groups is 1. The third-order valence-electron chi connectivity index (χ3n) is 3.63. The van der Waals surface area contributed by atoms with Gasteiger partial charge in [0.25, 0.3) is 0 Å². The van der Waals surface area contributed by atoms with Crippen LogP contribution in [0.2, 0.25) is 0 Å². The van der Waals surface area contributed by atoms with Crippen LogP contribution in [0.4, 0.5) is 0 Å². The lowest BCUT2D eigenvalue weighted by atomic mass is 10.1. The molecule has 0 radical (unpaired) electrons. The molecule has 6 nitrogen and oxygen atoms in total. The minimum Gasteiger partial charge on any atom is -0.454 e. The van der Waals surface area contributed by atoms with Gasteiger partial charge in [0.2, 0.25) is 6.79 Å². The highest BCUT2D eigenvalue weighted by atomic mass is 32.2. The van der Waals surface area contributed by atoms with Crippen molar-refractivity contribution in [3.8, 4) is 11.5 Å². The Kier molecular flexibility index (Phi) is 3.23. The minimum absolute atomic E-state index is 0.244. The maximum absolute atomic E-state index is 10.3. The van der Waals surface area contributed by atoms with Crippen molar-refractivity contribution in [2.45, 2.75) is 30.1 Å². The molecule has 0 saturated heterocycles. The van der Waals surface area contributed by atoms with E-state index in [1.54, 1.807) is 6.33 Å². The predicted molar refractivity (Wildman–Crippen MR) is 76.5 cm³/mol. The van der Waals surface area contributed by atoms with Gasteiger partial charge in [0, 0.05) is 11.8 Å². The second-order valence-corrected chi connectivity index (χ2v) is 6.18. The summed E-state index contributed by atoms with van der Waals surface area (Å²) in [5, 5.41) is 19.3. The number of fused-ring (bicyclic) bond motifs is 1. The van der Waals surface area contributed by atoms with Crippen LogP contribution in [0.3, 0.4) is 0 Å². The summed E-state index contributed by atoms with van der Waals surface area (Å²) in [7, 11) is 0. The predicted octanol–water partition coefficient (Wildman–Crippen LogP) is 2.17. The molecule has 1 aliphatic heterocycles. The lowest BCUT2D eigenvalue weighted by Crippen LogP contribution is -2.02. The summed E-state index contributed by atoms with van der Waals surface area (Å²) in [5.74, 6) is 1.95. The fourth-order valence-corrected chi connectivity index (χ4v) is 3.26. The van der Waals surface area contributed by atoms with Gasteiger partial charge in [-0.05, 0) is 30.5 Å². The molecule has 2 aliphatic rings. The number of nitrogens with zero attached hydrogens (tertiary/aromatic N) is 3. The normalized spacial score (nSPS) is 18.0. The highest BCUT2D eigenvalue weighted by Gasteiger charge is 2.26. The molecule has 1 N–H and O–H groups in total. The van der Waals surface area contributed by atoms with Crippen molar-refractivity contribution >= 4 is 11.8 Å². The van der Waals surface area contributed by atoms with Crippen LogP contribution in [0.5, 0.6) is 11.5 Å². The molecule has 0 amide bonds. The van der Waals surface area contributed by atoms with E-state index < -0.39 is 6.10 Å². The number of rotatable bonds is 5. The zero-order valence-corrected chi connectivity index (χ0v) is 12.1. The zero-order chi connectivity index (χ0) is 14.2. The summed E-state index contributed by atoms with van der Waals surface area (Å²) in [6.07, 6.45) is 3.58. The fraction of sp³-hybridized carbons (Fsp3) is 0.429. The van der Waals surface area contributed by atoms with Crippen LogP contribution in [0, 0.1) is 0 Å². The van der Waals surface area contributed by atoms with Crippen molar-refractivity contribution in [1.82, 2.24) is 14.8 Å². The lowest BCUT2D eigenvalue weighted by molar-refractivity contribution is 0.173. The van der Waals surface area contributed by atoms with Gasteiger partial charge in [0.05, 0.1) is 6.10 Å². The molecule has 21 heavy (non-hydrogen) atoms. The summed E-state index contributed by atoms with van der Waals surface area (Å²) < 4.78 is 12.7. The summed E-state index contributed by atoms with van der Waals surface area (Å²) in [6, 6.07) is 6.08. The SMILES string of the molecule is OC(CSc1nncn1C1CC1)c1ccc2c(c1)OCO2. The number of aliphatic hydroxyl groups excluding tert-OH is 1. The molecule has 1 atom stereocenters. The monoisotopic (exact) mass is 305 g/mol. The number of hydrogen-bond acceptors (Lipinski definition) is 6. The first-order valence-electron chi connectivity index (χ1n) is 6.91. The fourth-order valence-electron chi connectivity index (χ4n) is 2.31. The third kappa shape index (κ3) is 2.58. The number of hydrogen-bond donors (Lipinski definition) is 1. The molecule has 1 fully saturated rings. The highest BCUT2D eigenvalue weighted by Crippen LogP contribution is 2.38. The van der Waals surface area contributed by atoms with Gasteiger partial charge >= 0.3 is 0 Å². The van der Waals surface area contributed by atoms with Gasteiger partial charge in [-0.2, -0.15) is 0 Å². The van der Waals surface area contributed by atoms with Crippen LogP contribution in [0.25, 0.3) is 0 Å². The average molecular weight is 305 g/mol. The summed E-state index contributed by atoms with van der Waals surface area (Å²) in [4.78, 5) is 0. The molecule has 1 aromatic carbocycles. The number of benzene rings is 1. The molecule has 1 aliphatic carbocycles. The summed E-state index contributed by atoms with van der Waals surface area (Å²) in [5.41, 5.74) is 0.823. The molecule has 2 aromatic rings. The highest BCUT2D eigenvalue weighted by molar-refractivity contribution is 7.99. The van der Waals surface area contributed by atoms with Crippen molar-refractivity contribution in [1.29, 1.82) is 0 Å². The van der Waals surface area contributed by atoms with Crippen LogP contribution in [-0.2, 0) is 0 Å². The second-order valence-electron chi connectivity index (χ2n) is 5.19. The van der Waals surface area contributed by atoms with Crippen LogP contribution >= 0.6 is 11.8 Å². The van der Waals surface area contributed by atoms with Gasteiger partial charge < -0.3 is 19.1 Å². The Labute approximate surface area is 126 Å². The summed E-state index contributed by atoms with van der Waals surface area (Å²) >= 11 is 1.53. The lowest BCUT2D eigenvalue weighted by Gasteiger charge is -2.11. The largest absolute Gasteiger partial charge is 0.454 e. The van der Waals surface area contributed by atoms with Gasteiger partial charge in [-0.1, -0.05) is 17.8 Å². The van der Waals surface area contributed by atoms with E-state index in [2.05, 4.69) is 14.8 Å². The Balaban J connectivity index is 1.43. The molecule has 110 valence electrons. The van der Waals surface area contributed by atoms with Crippen molar-refractivity contribution in [3.05, 3.63) is 30.1 Å². The van der Waals surface area contributed by atoms with E-state index in [1.807, 2.05) is 18.2 Å². The van der Waals surface area contributed by atoms with Gasteiger partial charge in [0.15, 0.2) is 16.7 Å². The smallest absolute Gasteiger partial charge is 0.231 e. The van der Waals surface area contributed by atoms with E-state index >= 15 is 0 Å².